The summed E-state index contributed by atoms with van der Waals surface area (Å²) < 4.78 is 6.29. The van der Waals surface area contributed by atoms with Crippen molar-refractivity contribution in [2.24, 2.45) is 5.92 Å². The number of hydrogen-bond donors (Lipinski definition) is 2. The highest BCUT2D eigenvalue weighted by molar-refractivity contribution is 9.10. The van der Waals surface area contributed by atoms with Crippen LogP contribution in [0.5, 0.6) is 5.75 Å². The van der Waals surface area contributed by atoms with Gasteiger partial charge in [-0.1, -0.05) is 28.4 Å². The van der Waals surface area contributed by atoms with Crippen LogP contribution in [0.1, 0.15) is 25.7 Å². The Hall–Kier alpha value is -1.56. The molecule has 2 unspecified atom stereocenters. The number of benzene rings is 1. The predicted molar refractivity (Wildman–Crippen MR) is 81.2 cm³/mol. The van der Waals surface area contributed by atoms with Crippen LogP contribution in [0.3, 0.4) is 0 Å². The SMILES string of the molecule is O=C(COc1cccc(Br)c1)NC1CCCC(C(=O)O)C1. The van der Waals surface area contributed by atoms with Gasteiger partial charge in [0.1, 0.15) is 5.75 Å². The molecule has 0 spiro atoms. The van der Waals surface area contributed by atoms with Crippen molar-refractivity contribution in [1.82, 2.24) is 5.32 Å². The number of aliphatic carboxylic acids is 1. The molecule has 1 aliphatic carbocycles. The lowest BCUT2D eigenvalue weighted by molar-refractivity contribution is -0.143. The normalized spacial score (nSPS) is 21.6. The molecule has 114 valence electrons. The zero-order valence-electron chi connectivity index (χ0n) is 11.5. The monoisotopic (exact) mass is 355 g/mol. The number of carboxylic acids is 1. The molecule has 0 aliphatic heterocycles. The van der Waals surface area contributed by atoms with Crippen molar-refractivity contribution in [1.29, 1.82) is 0 Å². The minimum atomic E-state index is -0.778. The van der Waals surface area contributed by atoms with Gasteiger partial charge in [-0.15, -0.1) is 0 Å². The Bertz CT molecular complexity index is 520. The molecule has 21 heavy (non-hydrogen) atoms. The third-order valence-corrected chi connectivity index (χ3v) is 4.05. The minimum absolute atomic E-state index is 0.0648. The van der Waals surface area contributed by atoms with Gasteiger partial charge in [0, 0.05) is 10.5 Å². The Labute approximate surface area is 131 Å². The van der Waals surface area contributed by atoms with Gasteiger partial charge in [-0.2, -0.15) is 0 Å². The summed E-state index contributed by atoms with van der Waals surface area (Å²) in [5, 5.41) is 11.9. The zero-order chi connectivity index (χ0) is 15.2. The Kier molecular flexibility index (Phi) is 5.61. The highest BCUT2D eigenvalue weighted by atomic mass is 79.9. The van der Waals surface area contributed by atoms with E-state index in [0.717, 1.165) is 17.3 Å². The van der Waals surface area contributed by atoms with Crippen LogP contribution in [0.4, 0.5) is 0 Å². The van der Waals surface area contributed by atoms with Crippen molar-refractivity contribution < 1.29 is 19.4 Å². The molecule has 2 rings (SSSR count). The highest BCUT2D eigenvalue weighted by Crippen LogP contribution is 2.24. The van der Waals surface area contributed by atoms with Crippen LogP contribution in [-0.2, 0) is 9.59 Å². The van der Waals surface area contributed by atoms with Gasteiger partial charge in [-0.25, -0.2) is 0 Å². The molecule has 1 fully saturated rings. The number of carboxylic acid groups (broad SMARTS) is 1. The van der Waals surface area contributed by atoms with Crippen LogP contribution in [-0.4, -0.2) is 29.6 Å². The Morgan fingerprint density at radius 2 is 2.19 bits per heavy atom. The van der Waals surface area contributed by atoms with E-state index in [1.165, 1.54) is 0 Å². The number of amides is 1. The number of hydrogen-bond acceptors (Lipinski definition) is 3. The van der Waals surface area contributed by atoms with Crippen LogP contribution in [0.15, 0.2) is 28.7 Å². The van der Waals surface area contributed by atoms with E-state index in [2.05, 4.69) is 21.2 Å². The quantitative estimate of drug-likeness (QED) is 0.850. The number of rotatable bonds is 5. The summed E-state index contributed by atoms with van der Waals surface area (Å²) in [5.41, 5.74) is 0. The van der Waals surface area contributed by atoms with E-state index in [4.69, 9.17) is 9.84 Å². The van der Waals surface area contributed by atoms with E-state index in [0.29, 0.717) is 18.6 Å². The topological polar surface area (TPSA) is 75.6 Å². The third kappa shape index (κ3) is 5.04. The molecule has 0 saturated heterocycles. The summed E-state index contributed by atoms with van der Waals surface area (Å²) in [4.78, 5) is 22.8. The number of ether oxygens (including phenoxy) is 1. The number of nitrogens with one attached hydrogen (secondary N) is 1. The number of carbonyl (C=O) groups is 2. The molecule has 1 aliphatic rings. The van der Waals surface area contributed by atoms with Crippen LogP contribution >= 0.6 is 15.9 Å². The van der Waals surface area contributed by atoms with Gasteiger partial charge < -0.3 is 15.2 Å². The largest absolute Gasteiger partial charge is 0.484 e. The fraction of sp³-hybridized carbons (Fsp3) is 0.467. The second-order valence-electron chi connectivity index (χ2n) is 5.21. The van der Waals surface area contributed by atoms with E-state index >= 15 is 0 Å². The van der Waals surface area contributed by atoms with Crippen LogP contribution in [0.25, 0.3) is 0 Å². The van der Waals surface area contributed by atoms with E-state index < -0.39 is 5.97 Å². The summed E-state index contributed by atoms with van der Waals surface area (Å²) in [5.74, 6) is -0.730. The van der Waals surface area contributed by atoms with Crippen molar-refractivity contribution in [3.63, 3.8) is 0 Å². The number of halogens is 1. The van der Waals surface area contributed by atoms with Crippen molar-refractivity contribution >= 4 is 27.8 Å². The van der Waals surface area contributed by atoms with Gasteiger partial charge in [0.05, 0.1) is 5.92 Å². The summed E-state index contributed by atoms with van der Waals surface area (Å²) >= 11 is 3.33. The zero-order valence-corrected chi connectivity index (χ0v) is 13.1. The van der Waals surface area contributed by atoms with Crippen LogP contribution < -0.4 is 10.1 Å². The predicted octanol–water partition coefficient (Wildman–Crippen LogP) is 2.59. The molecule has 1 aromatic carbocycles. The summed E-state index contributed by atoms with van der Waals surface area (Å²) in [6.07, 6.45) is 2.84. The lowest BCUT2D eigenvalue weighted by Crippen LogP contribution is -2.41. The van der Waals surface area contributed by atoms with Gasteiger partial charge in [-0.3, -0.25) is 9.59 Å². The van der Waals surface area contributed by atoms with Crippen LogP contribution in [0.2, 0.25) is 0 Å². The molecule has 6 heteroatoms. The fourth-order valence-corrected chi connectivity index (χ4v) is 2.90. The van der Waals surface area contributed by atoms with Crippen molar-refractivity contribution in [3.8, 4) is 5.75 Å². The fourth-order valence-electron chi connectivity index (χ4n) is 2.52. The Morgan fingerprint density at radius 3 is 2.90 bits per heavy atom. The van der Waals surface area contributed by atoms with E-state index in [-0.39, 0.29) is 24.5 Å². The molecule has 0 bridgehead atoms. The van der Waals surface area contributed by atoms with E-state index in [9.17, 15) is 9.59 Å². The smallest absolute Gasteiger partial charge is 0.306 e. The molecule has 0 radical (unpaired) electrons. The van der Waals surface area contributed by atoms with Crippen molar-refractivity contribution in [2.75, 3.05) is 6.61 Å². The average Bonchev–Trinajstić information content (AvgIpc) is 2.45. The Morgan fingerprint density at radius 1 is 1.38 bits per heavy atom. The maximum atomic E-state index is 11.9. The van der Waals surface area contributed by atoms with E-state index in [1.807, 2.05) is 12.1 Å². The second kappa shape index (κ2) is 7.45. The second-order valence-corrected chi connectivity index (χ2v) is 6.13. The summed E-state index contributed by atoms with van der Waals surface area (Å²) in [7, 11) is 0. The van der Waals surface area contributed by atoms with Crippen molar-refractivity contribution in [3.05, 3.63) is 28.7 Å². The molecule has 2 atom stereocenters. The first-order chi connectivity index (χ1) is 10.0. The number of carbonyl (C=O) groups excluding carboxylic acids is 1. The minimum Gasteiger partial charge on any atom is -0.484 e. The van der Waals surface area contributed by atoms with Gasteiger partial charge in [0.15, 0.2) is 6.61 Å². The highest BCUT2D eigenvalue weighted by Gasteiger charge is 2.27. The lowest BCUT2D eigenvalue weighted by atomic mass is 9.86. The maximum Gasteiger partial charge on any atom is 0.306 e. The van der Waals surface area contributed by atoms with Gasteiger partial charge in [0.2, 0.25) is 0 Å². The maximum absolute atomic E-state index is 11.9. The molecular weight excluding hydrogens is 338 g/mol. The first-order valence-corrected chi connectivity index (χ1v) is 7.74. The Balaban J connectivity index is 1.78. The molecule has 5 nitrogen and oxygen atoms in total. The molecule has 0 heterocycles. The molecular formula is C15H18BrNO4. The summed E-state index contributed by atoms with van der Waals surface area (Å²) in [6.45, 7) is -0.0648. The molecule has 1 saturated carbocycles. The first kappa shape index (κ1) is 15.8. The van der Waals surface area contributed by atoms with Gasteiger partial charge in [-0.05, 0) is 37.5 Å². The molecule has 2 N–H and O–H groups in total. The first-order valence-electron chi connectivity index (χ1n) is 6.95. The average molecular weight is 356 g/mol. The van der Waals surface area contributed by atoms with Crippen LogP contribution in [0, 0.1) is 5.92 Å². The van der Waals surface area contributed by atoms with E-state index in [1.54, 1.807) is 12.1 Å². The molecule has 1 amide bonds. The summed E-state index contributed by atoms with van der Waals surface area (Å²) in [6, 6.07) is 7.20. The third-order valence-electron chi connectivity index (χ3n) is 3.55. The van der Waals surface area contributed by atoms with Gasteiger partial charge >= 0.3 is 5.97 Å². The standard InChI is InChI=1S/C15H18BrNO4/c16-11-4-2-6-13(8-11)21-9-14(18)17-12-5-1-3-10(7-12)15(19)20/h2,4,6,8,10,12H,1,3,5,7,9H2,(H,17,18)(H,19,20). The molecule has 1 aromatic rings. The van der Waals surface area contributed by atoms with Gasteiger partial charge in [0.25, 0.3) is 5.91 Å². The lowest BCUT2D eigenvalue weighted by Gasteiger charge is -2.27. The molecule has 0 aromatic heterocycles. The van der Waals surface area contributed by atoms with Crippen molar-refractivity contribution in [2.45, 2.75) is 31.7 Å².